The molecule has 0 amide bonds. The van der Waals surface area contributed by atoms with E-state index in [1.165, 1.54) is 31.7 Å². The van der Waals surface area contributed by atoms with Crippen LogP contribution in [0.3, 0.4) is 0 Å². The molecule has 0 aromatic heterocycles. The highest BCUT2D eigenvalue weighted by atomic mass is 35.5. The lowest BCUT2D eigenvalue weighted by molar-refractivity contribution is 0.327. The summed E-state index contributed by atoms with van der Waals surface area (Å²) in [5.41, 5.74) is 1.07. The molecule has 1 nitrogen and oxygen atoms in total. The van der Waals surface area contributed by atoms with Crippen molar-refractivity contribution in [3.8, 4) is 0 Å². The first-order valence-electron chi connectivity index (χ1n) is 6.84. The highest BCUT2D eigenvalue weighted by molar-refractivity contribution is 6.30. The van der Waals surface area contributed by atoms with Gasteiger partial charge < -0.3 is 5.32 Å². The van der Waals surface area contributed by atoms with Crippen LogP contribution < -0.4 is 5.32 Å². The van der Waals surface area contributed by atoms with Gasteiger partial charge >= 0.3 is 0 Å². The zero-order chi connectivity index (χ0) is 12.7. The predicted molar refractivity (Wildman–Crippen MR) is 72.2 cm³/mol. The number of nitrogens with one attached hydrogen (secondary N) is 1. The Hall–Kier alpha value is -0.600. The number of benzene rings is 1. The van der Waals surface area contributed by atoms with Crippen LogP contribution in [0.5, 0.6) is 0 Å². The van der Waals surface area contributed by atoms with Gasteiger partial charge in [0.25, 0.3) is 0 Å². The maximum Gasteiger partial charge on any atom is 0.141 e. The van der Waals surface area contributed by atoms with E-state index in [9.17, 15) is 4.39 Å². The standard InChI is InChI=1S/C15H19ClFN/c1-9(11-4-5-14(17)13(16)8-11)18-15-7-10-2-3-12(15)6-10/h4-5,8-10,12,15,18H,2-3,6-7H2,1H3. The molecule has 3 rings (SSSR count). The third-order valence-corrected chi connectivity index (χ3v) is 4.94. The minimum atomic E-state index is -0.340. The summed E-state index contributed by atoms with van der Waals surface area (Å²) in [6, 6.07) is 5.90. The molecule has 0 heterocycles. The van der Waals surface area contributed by atoms with E-state index >= 15 is 0 Å². The Bertz CT molecular complexity index is 448. The molecule has 1 N–H and O–H groups in total. The maximum atomic E-state index is 13.1. The molecule has 18 heavy (non-hydrogen) atoms. The van der Waals surface area contributed by atoms with Crippen LogP contribution in [0.1, 0.15) is 44.2 Å². The van der Waals surface area contributed by atoms with E-state index in [2.05, 4.69) is 12.2 Å². The summed E-state index contributed by atoms with van der Waals surface area (Å²) in [5.74, 6) is 1.46. The molecule has 1 aromatic rings. The van der Waals surface area contributed by atoms with E-state index < -0.39 is 0 Å². The average molecular weight is 268 g/mol. The van der Waals surface area contributed by atoms with Crippen molar-refractivity contribution < 1.29 is 4.39 Å². The molecule has 3 heteroatoms. The fraction of sp³-hybridized carbons (Fsp3) is 0.600. The second-order valence-corrected chi connectivity index (χ2v) is 6.25. The van der Waals surface area contributed by atoms with Gasteiger partial charge in [0.05, 0.1) is 5.02 Å². The molecule has 98 valence electrons. The Morgan fingerprint density at radius 1 is 1.33 bits per heavy atom. The summed E-state index contributed by atoms with van der Waals surface area (Å²) < 4.78 is 13.1. The molecule has 0 aliphatic heterocycles. The van der Waals surface area contributed by atoms with Gasteiger partial charge in [0.15, 0.2) is 0 Å². The molecule has 2 saturated carbocycles. The lowest BCUT2D eigenvalue weighted by Crippen LogP contribution is -2.35. The highest BCUT2D eigenvalue weighted by Gasteiger charge is 2.39. The van der Waals surface area contributed by atoms with Gasteiger partial charge in [0.1, 0.15) is 5.82 Å². The normalized spacial score (nSPS) is 31.8. The number of rotatable bonds is 3. The van der Waals surface area contributed by atoms with Gasteiger partial charge in [-0.25, -0.2) is 4.39 Å². The van der Waals surface area contributed by atoms with Crippen LogP contribution >= 0.6 is 11.6 Å². The number of hydrogen-bond acceptors (Lipinski definition) is 1. The Balaban J connectivity index is 1.67. The largest absolute Gasteiger partial charge is 0.307 e. The van der Waals surface area contributed by atoms with Gasteiger partial charge in [-0.1, -0.05) is 24.1 Å². The lowest BCUT2D eigenvalue weighted by Gasteiger charge is -2.27. The zero-order valence-electron chi connectivity index (χ0n) is 10.6. The second kappa shape index (κ2) is 4.82. The Morgan fingerprint density at radius 3 is 2.78 bits per heavy atom. The fourth-order valence-electron chi connectivity index (χ4n) is 3.65. The van der Waals surface area contributed by atoms with E-state index in [0.29, 0.717) is 6.04 Å². The molecule has 1 aromatic carbocycles. The van der Waals surface area contributed by atoms with Crippen molar-refractivity contribution in [2.75, 3.05) is 0 Å². The summed E-state index contributed by atoms with van der Waals surface area (Å²) >= 11 is 5.83. The van der Waals surface area contributed by atoms with Crippen molar-refractivity contribution in [2.24, 2.45) is 11.8 Å². The topological polar surface area (TPSA) is 12.0 Å². The van der Waals surface area contributed by atoms with Crippen molar-refractivity contribution in [2.45, 2.75) is 44.7 Å². The molecular formula is C15H19ClFN. The van der Waals surface area contributed by atoms with Crippen molar-refractivity contribution >= 4 is 11.6 Å². The van der Waals surface area contributed by atoms with Crippen LogP contribution in [0.15, 0.2) is 18.2 Å². The lowest BCUT2D eigenvalue weighted by atomic mass is 9.94. The summed E-state index contributed by atoms with van der Waals surface area (Å²) in [7, 11) is 0. The van der Waals surface area contributed by atoms with Crippen molar-refractivity contribution in [3.05, 3.63) is 34.6 Å². The van der Waals surface area contributed by atoms with Crippen molar-refractivity contribution in [1.82, 2.24) is 5.32 Å². The first-order valence-corrected chi connectivity index (χ1v) is 7.22. The Kier molecular flexibility index (Phi) is 3.33. The summed E-state index contributed by atoms with van der Waals surface area (Å²) in [5, 5.41) is 3.91. The molecule has 2 bridgehead atoms. The van der Waals surface area contributed by atoms with Gasteiger partial charge in [0.2, 0.25) is 0 Å². The summed E-state index contributed by atoms with van der Waals surface area (Å²) in [6.07, 6.45) is 5.50. The van der Waals surface area contributed by atoms with E-state index in [4.69, 9.17) is 11.6 Å². The third kappa shape index (κ3) is 2.28. The van der Waals surface area contributed by atoms with Crippen LogP contribution in [0.2, 0.25) is 5.02 Å². The minimum Gasteiger partial charge on any atom is -0.307 e. The van der Waals surface area contributed by atoms with Gasteiger partial charge in [-0.3, -0.25) is 0 Å². The Labute approximate surface area is 113 Å². The van der Waals surface area contributed by atoms with Gasteiger partial charge in [-0.05, 0) is 55.7 Å². The third-order valence-electron chi connectivity index (χ3n) is 4.65. The number of fused-ring (bicyclic) bond motifs is 2. The van der Waals surface area contributed by atoms with Crippen LogP contribution in [-0.4, -0.2) is 6.04 Å². The van der Waals surface area contributed by atoms with Crippen molar-refractivity contribution in [1.29, 1.82) is 0 Å². The zero-order valence-corrected chi connectivity index (χ0v) is 11.4. The first-order chi connectivity index (χ1) is 8.63. The highest BCUT2D eigenvalue weighted by Crippen LogP contribution is 2.45. The molecule has 0 spiro atoms. The molecule has 4 atom stereocenters. The maximum absolute atomic E-state index is 13.1. The molecular weight excluding hydrogens is 249 g/mol. The van der Waals surface area contributed by atoms with Crippen LogP contribution in [0.4, 0.5) is 4.39 Å². The summed E-state index contributed by atoms with van der Waals surface area (Å²) in [6.45, 7) is 2.13. The van der Waals surface area contributed by atoms with Crippen LogP contribution in [0.25, 0.3) is 0 Å². The molecule has 2 aliphatic rings. The quantitative estimate of drug-likeness (QED) is 0.860. The molecule has 0 radical (unpaired) electrons. The molecule has 4 unspecified atom stereocenters. The first kappa shape index (κ1) is 12.4. The van der Waals surface area contributed by atoms with Gasteiger partial charge in [-0.15, -0.1) is 0 Å². The minimum absolute atomic E-state index is 0.217. The van der Waals surface area contributed by atoms with E-state index in [0.717, 1.165) is 17.4 Å². The van der Waals surface area contributed by atoms with E-state index in [1.54, 1.807) is 6.07 Å². The fourth-order valence-corrected chi connectivity index (χ4v) is 3.84. The van der Waals surface area contributed by atoms with Crippen molar-refractivity contribution in [3.63, 3.8) is 0 Å². The van der Waals surface area contributed by atoms with E-state index in [-0.39, 0.29) is 16.9 Å². The molecule has 2 fully saturated rings. The summed E-state index contributed by atoms with van der Waals surface area (Å²) in [4.78, 5) is 0. The van der Waals surface area contributed by atoms with Gasteiger partial charge in [-0.2, -0.15) is 0 Å². The number of halogens is 2. The Morgan fingerprint density at radius 2 is 2.17 bits per heavy atom. The average Bonchev–Trinajstić information content (AvgIpc) is 2.94. The van der Waals surface area contributed by atoms with Crippen LogP contribution in [-0.2, 0) is 0 Å². The molecule has 0 saturated heterocycles. The molecule has 2 aliphatic carbocycles. The van der Waals surface area contributed by atoms with Gasteiger partial charge in [0, 0.05) is 12.1 Å². The predicted octanol–water partition coefficient (Wildman–Crippen LogP) is 4.32. The van der Waals surface area contributed by atoms with Crippen LogP contribution in [0, 0.1) is 17.7 Å². The number of hydrogen-bond donors (Lipinski definition) is 1. The second-order valence-electron chi connectivity index (χ2n) is 5.84. The smallest absolute Gasteiger partial charge is 0.141 e. The van der Waals surface area contributed by atoms with E-state index in [1.807, 2.05) is 6.07 Å². The SMILES string of the molecule is CC(NC1CC2CCC1C2)c1ccc(F)c(Cl)c1. The monoisotopic (exact) mass is 267 g/mol.